The first-order chi connectivity index (χ1) is 16.1. The van der Waals surface area contributed by atoms with Crippen molar-refractivity contribution in [2.24, 2.45) is 0 Å². The van der Waals surface area contributed by atoms with Gasteiger partial charge >= 0.3 is 6.18 Å². The van der Waals surface area contributed by atoms with Crippen molar-refractivity contribution < 1.29 is 22.4 Å². The van der Waals surface area contributed by atoms with Crippen LogP contribution in [0.5, 0.6) is 0 Å². The molecule has 4 aromatic rings. The second kappa shape index (κ2) is 8.62. The third-order valence-corrected chi connectivity index (χ3v) is 5.34. The van der Waals surface area contributed by atoms with Crippen LogP contribution in [0.4, 0.5) is 17.6 Å². The van der Waals surface area contributed by atoms with E-state index in [1.54, 1.807) is 13.0 Å². The van der Waals surface area contributed by atoms with E-state index in [4.69, 9.17) is 0 Å². The van der Waals surface area contributed by atoms with Crippen LogP contribution in [0, 0.1) is 12.7 Å². The summed E-state index contributed by atoms with van der Waals surface area (Å²) in [6, 6.07) is 12.8. The number of halogens is 4. The van der Waals surface area contributed by atoms with Gasteiger partial charge in [0.05, 0.1) is 23.1 Å². The summed E-state index contributed by atoms with van der Waals surface area (Å²) in [5.41, 5.74) is -0.357. The number of nitrogens with one attached hydrogen (secondary N) is 1. The molecule has 2 aromatic carbocycles. The fourth-order valence-corrected chi connectivity index (χ4v) is 3.69. The molecule has 0 spiro atoms. The van der Waals surface area contributed by atoms with Crippen LogP contribution < -0.4 is 10.9 Å². The van der Waals surface area contributed by atoms with Crippen LogP contribution >= 0.6 is 0 Å². The molecular formula is C24H18F4N4O2. The highest BCUT2D eigenvalue weighted by Crippen LogP contribution is 2.32. The fraction of sp³-hybridized carbons (Fsp3) is 0.125. The molecule has 1 N–H and O–H groups in total. The summed E-state index contributed by atoms with van der Waals surface area (Å²) >= 11 is 0. The minimum atomic E-state index is -4.62. The van der Waals surface area contributed by atoms with Crippen LogP contribution in [-0.2, 0) is 6.18 Å². The topological polar surface area (TPSA) is 68.9 Å². The van der Waals surface area contributed by atoms with Crippen molar-refractivity contribution in [3.8, 4) is 22.6 Å². The molecule has 0 aliphatic carbocycles. The zero-order chi connectivity index (χ0) is 24.6. The third-order valence-electron chi connectivity index (χ3n) is 5.34. The Morgan fingerprint density at radius 2 is 1.71 bits per heavy atom. The Hall–Kier alpha value is -4.21. The average molecular weight is 470 g/mol. The molecule has 6 nitrogen and oxygen atoms in total. The summed E-state index contributed by atoms with van der Waals surface area (Å²) in [6.45, 7) is 1.56. The van der Waals surface area contributed by atoms with Gasteiger partial charge in [0.1, 0.15) is 11.4 Å². The van der Waals surface area contributed by atoms with E-state index >= 15 is 0 Å². The van der Waals surface area contributed by atoms with Gasteiger partial charge in [0.25, 0.3) is 11.5 Å². The molecule has 0 saturated heterocycles. The Bertz CT molecular complexity index is 1440. The van der Waals surface area contributed by atoms with Crippen LogP contribution in [0.15, 0.2) is 71.7 Å². The number of benzene rings is 2. The highest BCUT2D eigenvalue weighted by molar-refractivity contribution is 5.95. The van der Waals surface area contributed by atoms with Crippen LogP contribution in [-0.4, -0.2) is 27.3 Å². The van der Waals surface area contributed by atoms with Crippen molar-refractivity contribution >= 4 is 5.91 Å². The molecule has 1 amide bonds. The second-order valence-corrected chi connectivity index (χ2v) is 7.43. The summed E-state index contributed by atoms with van der Waals surface area (Å²) in [6.07, 6.45) is -3.13. The number of pyridine rings is 1. The Morgan fingerprint density at radius 3 is 2.35 bits per heavy atom. The summed E-state index contributed by atoms with van der Waals surface area (Å²) in [5, 5.41) is 6.64. The first-order valence-electron chi connectivity index (χ1n) is 10.1. The molecule has 0 saturated carbocycles. The average Bonchev–Trinajstić information content (AvgIpc) is 3.28. The lowest BCUT2D eigenvalue weighted by atomic mass is 10.0. The zero-order valence-electron chi connectivity index (χ0n) is 18.0. The number of carbonyl (C=O) groups excluding carboxylic acids is 1. The van der Waals surface area contributed by atoms with Gasteiger partial charge in [-0.05, 0) is 61.5 Å². The molecule has 10 heteroatoms. The molecule has 174 valence electrons. The van der Waals surface area contributed by atoms with Crippen molar-refractivity contribution in [3.63, 3.8) is 0 Å². The van der Waals surface area contributed by atoms with Gasteiger partial charge in [0.2, 0.25) is 0 Å². The van der Waals surface area contributed by atoms with Crippen LogP contribution in [0.1, 0.15) is 21.6 Å². The fourth-order valence-electron chi connectivity index (χ4n) is 3.69. The molecule has 0 bridgehead atoms. The van der Waals surface area contributed by atoms with Gasteiger partial charge in [-0.1, -0.05) is 6.07 Å². The first kappa shape index (κ1) is 23.0. The Kier molecular flexibility index (Phi) is 5.82. The number of rotatable bonds is 4. The highest BCUT2D eigenvalue weighted by atomic mass is 19.4. The number of hydrogen-bond donors (Lipinski definition) is 1. The van der Waals surface area contributed by atoms with Gasteiger partial charge in [-0.3, -0.25) is 14.2 Å². The Labute approximate surface area is 191 Å². The maximum Gasteiger partial charge on any atom is 0.416 e. The summed E-state index contributed by atoms with van der Waals surface area (Å²) in [7, 11) is 1.35. The standard InChI is InChI=1S/C24H18F4N4O2/c1-14-19(21-10-11-30-32(21)17-8-6-16(25)7-9-17)13-20(22(33)29-2)23(34)31(14)18-5-3-4-15(12-18)24(26,27)28/h3-13H,1-2H3,(H,29,33). The van der Waals surface area contributed by atoms with Crippen LogP contribution in [0.2, 0.25) is 0 Å². The molecule has 2 heterocycles. The SMILES string of the molecule is CNC(=O)c1cc(-c2ccnn2-c2ccc(F)cc2)c(C)n(-c2cccc(C(F)(F)F)c2)c1=O. The second-order valence-electron chi connectivity index (χ2n) is 7.43. The van der Waals surface area contributed by atoms with Crippen LogP contribution in [0.25, 0.3) is 22.6 Å². The number of hydrogen-bond acceptors (Lipinski definition) is 3. The van der Waals surface area contributed by atoms with Crippen LogP contribution in [0.3, 0.4) is 0 Å². The lowest BCUT2D eigenvalue weighted by Gasteiger charge is -2.18. The Balaban J connectivity index is 2.01. The van der Waals surface area contributed by atoms with E-state index in [-0.39, 0.29) is 11.3 Å². The molecule has 0 unspecified atom stereocenters. The van der Waals surface area contributed by atoms with Crippen molar-refractivity contribution in [1.82, 2.24) is 19.7 Å². The van der Waals surface area contributed by atoms with E-state index in [1.165, 1.54) is 60.4 Å². The molecule has 2 aromatic heterocycles. The van der Waals surface area contributed by atoms with Gasteiger partial charge in [-0.15, -0.1) is 0 Å². The summed E-state index contributed by atoms with van der Waals surface area (Å²) < 4.78 is 55.9. The van der Waals surface area contributed by atoms with Gasteiger partial charge < -0.3 is 5.32 Å². The quantitative estimate of drug-likeness (QED) is 0.446. The van der Waals surface area contributed by atoms with E-state index in [2.05, 4.69) is 10.4 Å². The number of aromatic nitrogens is 3. The smallest absolute Gasteiger partial charge is 0.355 e. The van der Waals surface area contributed by atoms with Crippen molar-refractivity contribution in [2.75, 3.05) is 7.05 Å². The summed E-state index contributed by atoms with van der Waals surface area (Å²) in [5.74, 6) is -1.13. The number of nitrogens with zero attached hydrogens (tertiary/aromatic N) is 3. The summed E-state index contributed by atoms with van der Waals surface area (Å²) in [4.78, 5) is 25.7. The van der Waals surface area contributed by atoms with Crippen molar-refractivity contribution in [3.05, 3.63) is 99.9 Å². The van der Waals surface area contributed by atoms with E-state index in [1.807, 2.05) is 0 Å². The zero-order valence-corrected chi connectivity index (χ0v) is 18.0. The van der Waals surface area contributed by atoms with E-state index in [0.717, 1.165) is 16.7 Å². The largest absolute Gasteiger partial charge is 0.416 e. The molecule has 0 aliphatic heterocycles. The monoisotopic (exact) mass is 470 g/mol. The first-order valence-corrected chi connectivity index (χ1v) is 10.1. The van der Waals surface area contributed by atoms with Gasteiger partial charge in [-0.25, -0.2) is 9.07 Å². The van der Waals surface area contributed by atoms with Gasteiger partial charge in [-0.2, -0.15) is 18.3 Å². The number of alkyl halides is 3. The molecule has 0 fully saturated rings. The predicted octanol–water partition coefficient (Wildman–Crippen LogP) is 4.52. The predicted molar refractivity (Wildman–Crippen MR) is 118 cm³/mol. The third kappa shape index (κ3) is 4.09. The number of amides is 1. The maximum atomic E-state index is 13.4. The number of carbonyl (C=O) groups is 1. The van der Waals surface area contributed by atoms with Gasteiger partial charge in [0, 0.05) is 24.0 Å². The van der Waals surface area contributed by atoms with Crippen molar-refractivity contribution in [2.45, 2.75) is 13.1 Å². The van der Waals surface area contributed by atoms with Crippen molar-refractivity contribution in [1.29, 1.82) is 0 Å². The lowest BCUT2D eigenvalue weighted by Crippen LogP contribution is -2.32. The van der Waals surface area contributed by atoms with E-state index < -0.39 is 29.0 Å². The van der Waals surface area contributed by atoms with E-state index in [9.17, 15) is 27.2 Å². The molecule has 4 rings (SSSR count). The molecule has 34 heavy (non-hydrogen) atoms. The molecule has 0 aliphatic rings. The maximum absolute atomic E-state index is 13.4. The lowest BCUT2D eigenvalue weighted by molar-refractivity contribution is -0.137. The highest BCUT2D eigenvalue weighted by Gasteiger charge is 2.31. The normalized spacial score (nSPS) is 11.5. The molecule has 0 atom stereocenters. The molecule has 0 radical (unpaired) electrons. The Morgan fingerprint density at radius 1 is 1.00 bits per heavy atom. The minimum absolute atomic E-state index is 0.0443. The molecular weight excluding hydrogens is 452 g/mol. The van der Waals surface area contributed by atoms with Gasteiger partial charge in [0.15, 0.2) is 0 Å². The minimum Gasteiger partial charge on any atom is -0.355 e. The van der Waals surface area contributed by atoms with E-state index in [0.29, 0.717) is 22.6 Å².